The Morgan fingerprint density at radius 1 is 0.610 bits per heavy atom. The molecule has 6 rings (SSSR count). The summed E-state index contributed by atoms with van der Waals surface area (Å²) in [6, 6.07) is 24.3. The molecular formula is C32H48N6S3. The van der Waals surface area contributed by atoms with Crippen molar-refractivity contribution in [2.24, 2.45) is 5.73 Å². The predicted octanol–water partition coefficient (Wildman–Crippen LogP) is 10.3. The molecule has 0 atom stereocenters. The lowest BCUT2D eigenvalue weighted by Gasteiger charge is -1.91. The van der Waals surface area contributed by atoms with E-state index in [0.29, 0.717) is 5.13 Å². The highest BCUT2D eigenvalue weighted by molar-refractivity contribution is 7.22. The Labute approximate surface area is 258 Å². The fourth-order valence-electron chi connectivity index (χ4n) is 2.98. The van der Waals surface area contributed by atoms with Crippen LogP contribution in [0.5, 0.6) is 0 Å². The Kier molecular flexibility index (Phi) is 21.8. The number of benzene rings is 3. The van der Waals surface area contributed by atoms with E-state index in [1.54, 1.807) is 22.7 Å². The molecule has 41 heavy (non-hydrogen) atoms. The van der Waals surface area contributed by atoms with Crippen LogP contribution in [0.15, 0.2) is 72.8 Å². The van der Waals surface area contributed by atoms with Gasteiger partial charge < -0.3 is 16.8 Å². The minimum atomic E-state index is 0.640. The van der Waals surface area contributed by atoms with Crippen LogP contribution in [0.2, 0.25) is 0 Å². The van der Waals surface area contributed by atoms with Gasteiger partial charge in [-0.05, 0) is 56.8 Å². The molecule has 0 spiro atoms. The van der Waals surface area contributed by atoms with Crippen LogP contribution in [-0.2, 0) is 0 Å². The normalized spacial score (nSPS) is 9.02. The van der Waals surface area contributed by atoms with Crippen molar-refractivity contribution >= 4 is 74.9 Å². The predicted molar refractivity (Wildman–Crippen MR) is 191 cm³/mol. The molecule has 6 aromatic rings. The molecule has 0 radical (unpaired) electrons. The molecule has 0 saturated carbocycles. The number of nitrogens with one attached hydrogen (secondary N) is 1. The van der Waals surface area contributed by atoms with Gasteiger partial charge in [0, 0.05) is 6.54 Å². The van der Waals surface area contributed by atoms with Crippen molar-refractivity contribution < 1.29 is 0 Å². The molecule has 3 aromatic carbocycles. The summed E-state index contributed by atoms with van der Waals surface area (Å²) in [6.07, 6.45) is 0. The molecule has 3 heterocycles. The Morgan fingerprint density at radius 3 is 1.41 bits per heavy atom. The Bertz CT molecular complexity index is 1280. The second kappa shape index (κ2) is 23.6. The van der Waals surface area contributed by atoms with E-state index in [0.717, 1.165) is 44.5 Å². The molecule has 0 aliphatic carbocycles. The molecule has 3 aromatic heterocycles. The Balaban J connectivity index is 0.000000515. The van der Waals surface area contributed by atoms with Crippen molar-refractivity contribution in [2.45, 2.75) is 62.3 Å². The second-order valence-electron chi connectivity index (χ2n) is 7.15. The SMILES string of the molecule is CC.CC.CC.CCN.CCNc1nc2ccccc2s1.Cc1nc2ccccc2s1.Nc1nc2ccccc2s1. The maximum absolute atomic E-state index is 5.50. The number of aryl methyl sites for hydroxylation is 1. The molecule has 0 unspecified atom stereocenters. The van der Waals surface area contributed by atoms with Gasteiger partial charge in [0.25, 0.3) is 0 Å². The van der Waals surface area contributed by atoms with Crippen LogP contribution in [0.1, 0.15) is 60.4 Å². The number of nitrogens with zero attached hydrogens (tertiary/aromatic N) is 3. The highest BCUT2D eigenvalue weighted by atomic mass is 32.1. The van der Waals surface area contributed by atoms with Gasteiger partial charge in [0.05, 0.1) is 35.7 Å². The zero-order valence-electron chi connectivity index (χ0n) is 26.1. The van der Waals surface area contributed by atoms with Crippen LogP contribution in [0.25, 0.3) is 30.6 Å². The number of hydrogen-bond acceptors (Lipinski definition) is 9. The fraction of sp³-hybridized carbons (Fsp3) is 0.344. The molecule has 0 aliphatic rings. The minimum absolute atomic E-state index is 0.640. The standard InChI is InChI=1S/C9H10N2S.C8H7NS.C7H6N2S.C2H7N.3C2H6/c1-2-10-9-11-7-5-3-4-6-8(7)12-9;1-6-9-7-4-2-3-5-8(7)10-6;8-7-9-5-3-1-2-4-6(5)10-7;1-2-3;3*1-2/h3-6H,2H2,1H3,(H,10,11);2-5H,1H3;1-4H,(H2,8,9);2-3H2,1H3;3*1-2H3. The topological polar surface area (TPSA) is 103 Å². The zero-order valence-corrected chi connectivity index (χ0v) is 28.5. The fourth-order valence-corrected chi connectivity index (χ4v) is 5.47. The van der Waals surface area contributed by atoms with E-state index in [4.69, 9.17) is 11.5 Å². The van der Waals surface area contributed by atoms with Gasteiger partial charge >= 0.3 is 0 Å². The third-order valence-electron chi connectivity index (χ3n) is 4.33. The lowest BCUT2D eigenvalue weighted by Crippen LogP contribution is -1.94. The Morgan fingerprint density at radius 2 is 1.00 bits per heavy atom. The number of nitrogen functional groups attached to an aromatic ring is 1. The first-order valence-electron chi connectivity index (χ1n) is 14.3. The summed E-state index contributed by atoms with van der Waals surface area (Å²) >= 11 is 4.96. The van der Waals surface area contributed by atoms with Crippen molar-refractivity contribution in [3.05, 3.63) is 77.8 Å². The lowest BCUT2D eigenvalue weighted by atomic mass is 10.3. The van der Waals surface area contributed by atoms with Crippen LogP contribution >= 0.6 is 34.0 Å². The minimum Gasteiger partial charge on any atom is -0.375 e. The third kappa shape index (κ3) is 13.9. The number of rotatable bonds is 2. The molecule has 9 heteroatoms. The summed E-state index contributed by atoms with van der Waals surface area (Å²) in [5, 5.41) is 6.00. The van der Waals surface area contributed by atoms with Crippen LogP contribution in [0.4, 0.5) is 10.3 Å². The molecule has 0 amide bonds. The number of anilines is 2. The first kappa shape index (κ1) is 37.9. The number of thiazole rings is 3. The summed E-state index contributed by atoms with van der Waals surface area (Å²) in [7, 11) is 0. The summed E-state index contributed by atoms with van der Waals surface area (Å²) < 4.78 is 3.67. The van der Waals surface area contributed by atoms with Crippen molar-refractivity contribution in [3.63, 3.8) is 0 Å². The van der Waals surface area contributed by atoms with Crippen molar-refractivity contribution in [1.29, 1.82) is 0 Å². The highest BCUT2D eigenvalue weighted by Crippen LogP contribution is 2.25. The van der Waals surface area contributed by atoms with E-state index < -0.39 is 0 Å². The van der Waals surface area contributed by atoms with Crippen LogP contribution in [0, 0.1) is 6.92 Å². The maximum Gasteiger partial charge on any atom is 0.183 e. The van der Waals surface area contributed by atoms with E-state index in [9.17, 15) is 0 Å². The first-order chi connectivity index (χ1) is 20.0. The zero-order chi connectivity index (χ0) is 31.0. The van der Waals surface area contributed by atoms with Crippen LogP contribution in [0.3, 0.4) is 0 Å². The molecule has 0 saturated heterocycles. The van der Waals surface area contributed by atoms with Crippen molar-refractivity contribution in [3.8, 4) is 0 Å². The van der Waals surface area contributed by atoms with E-state index in [1.807, 2.05) is 116 Å². The number of aromatic nitrogens is 3. The van der Waals surface area contributed by atoms with Crippen LogP contribution < -0.4 is 16.8 Å². The summed E-state index contributed by atoms with van der Waals surface area (Å²) in [5.74, 6) is 0. The third-order valence-corrected chi connectivity index (χ3v) is 7.14. The summed E-state index contributed by atoms with van der Waals surface area (Å²) in [5.41, 5.74) is 13.5. The molecule has 5 N–H and O–H groups in total. The number of para-hydroxylation sites is 3. The van der Waals surface area contributed by atoms with E-state index >= 15 is 0 Å². The van der Waals surface area contributed by atoms with Gasteiger partial charge in [-0.15, -0.1) is 11.3 Å². The molecular weight excluding hydrogens is 565 g/mol. The summed E-state index contributed by atoms with van der Waals surface area (Å²) in [6.45, 7) is 19.7. The Hall–Kier alpha value is -3.11. The van der Waals surface area contributed by atoms with Gasteiger partial charge in [-0.2, -0.15) is 0 Å². The average Bonchev–Trinajstić information content (AvgIpc) is 3.71. The highest BCUT2D eigenvalue weighted by Gasteiger charge is 2.00. The quantitative estimate of drug-likeness (QED) is 0.180. The monoisotopic (exact) mass is 612 g/mol. The lowest BCUT2D eigenvalue weighted by molar-refractivity contribution is 1.14. The molecule has 224 valence electrons. The number of hydrogen-bond donors (Lipinski definition) is 3. The van der Waals surface area contributed by atoms with E-state index in [2.05, 4.69) is 39.3 Å². The van der Waals surface area contributed by atoms with Gasteiger partial charge in [-0.3, -0.25) is 0 Å². The number of fused-ring (bicyclic) bond motifs is 3. The van der Waals surface area contributed by atoms with Gasteiger partial charge in [0.15, 0.2) is 10.3 Å². The van der Waals surface area contributed by atoms with Crippen molar-refractivity contribution in [2.75, 3.05) is 24.1 Å². The molecule has 6 nitrogen and oxygen atoms in total. The van der Waals surface area contributed by atoms with Gasteiger partial charge in [0.1, 0.15) is 0 Å². The second-order valence-corrected chi connectivity index (χ2v) is 10.5. The maximum atomic E-state index is 5.50. The smallest absolute Gasteiger partial charge is 0.183 e. The number of nitrogens with two attached hydrogens (primary N) is 2. The summed E-state index contributed by atoms with van der Waals surface area (Å²) in [4.78, 5) is 12.9. The largest absolute Gasteiger partial charge is 0.375 e. The van der Waals surface area contributed by atoms with Gasteiger partial charge in [-0.25, -0.2) is 15.0 Å². The van der Waals surface area contributed by atoms with Gasteiger partial charge in [0.2, 0.25) is 0 Å². The first-order valence-corrected chi connectivity index (χ1v) is 16.7. The molecule has 0 bridgehead atoms. The van der Waals surface area contributed by atoms with Crippen LogP contribution in [-0.4, -0.2) is 28.0 Å². The van der Waals surface area contributed by atoms with Crippen molar-refractivity contribution in [1.82, 2.24) is 15.0 Å². The van der Waals surface area contributed by atoms with E-state index in [1.165, 1.54) is 20.7 Å². The van der Waals surface area contributed by atoms with E-state index in [-0.39, 0.29) is 0 Å². The molecule has 0 fully saturated rings. The van der Waals surface area contributed by atoms with Gasteiger partial charge in [-0.1, -0.05) is 108 Å². The molecule has 0 aliphatic heterocycles. The average molecular weight is 613 g/mol.